The fourth-order valence-corrected chi connectivity index (χ4v) is 2.75. The maximum absolute atomic E-state index is 4.41. The first kappa shape index (κ1) is 14.8. The lowest BCUT2D eigenvalue weighted by molar-refractivity contribution is 0.442. The third-order valence-electron chi connectivity index (χ3n) is 3.82. The molecule has 3 nitrogen and oxygen atoms in total. The van der Waals surface area contributed by atoms with Gasteiger partial charge >= 0.3 is 0 Å². The molecular weight excluding hydrogens is 246 g/mol. The predicted molar refractivity (Wildman–Crippen MR) is 82.1 cm³/mol. The van der Waals surface area contributed by atoms with Crippen LogP contribution in [0.15, 0.2) is 36.8 Å². The van der Waals surface area contributed by atoms with E-state index >= 15 is 0 Å². The van der Waals surface area contributed by atoms with E-state index in [0.717, 1.165) is 25.1 Å². The molecular formula is C17H24N3. The van der Waals surface area contributed by atoms with Crippen LogP contribution in [0, 0.1) is 17.8 Å². The number of pyridine rings is 1. The minimum Gasteiger partial charge on any atom is -0.349 e. The number of rotatable bonds is 7. The molecule has 0 fully saturated rings. The zero-order valence-corrected chi connectivity index (χ0v) is 12.6. The molecule has 0 saturated heterocycles. The van der Waals surface area contributed by atoms with Crippen molar-refractivity contribution in [1.82, 2.24) is 15.0 Å². The van der Waals surface area contributed by atoms with Gasteiger partial charge in [0, 0.05) is 30.7 Å². The monoisotopic (exact) mass is 270 g/mol. The van der Waals surface area contributed by atoms with E-state index < -0.39 is 0 Å². The van der Waals surface area contributed by atoms with Gasteiger partial charge in [-0.3, -0.25) is 4.98 Å². The van der Waals surface area contributed by atoms with Crippen LogP contribution in [0.5, 0.6) is 0 Å². The molecule has 2 rings (SSSR count). The maximum Gasteiger partial charge on any atom is 0.106 e. The van der Waals surface area contributed by atoms with E-state index in [2.05, 4.69) is 47.9 Å². The lowest BCUT2D eigenvalue weighted by Crippen LogP contribution is -2.19. The van der Waals surface area contributed by atoms with Gasteiger partial charge in [0.05, 0.1) is 0 Å². The molecule has 0 bridgehead atoms. The van der Waals surface area contributed by atoms with Gasteiger partial charge in [-0.15, -0.1) is 0 Å². The van der Waals surface area contributed by atoms with Crippen molar-refractivity contribution in [3.8, 4) is 0 Å². The summed E-state index contributed by atoms with van der Waals surface area (Å²) in [6, 6.07) is 6.13. The molecule has 20 heavy (non-hydrogen) atoms. The third kappa shape index (κ3) is 4.19. The summed E-state index contributed by atoms with van der Waals surface area (Å²) >= 11 is 0. The molecule has 1 atom stereocenters. The Labute approximate surface area is 121 Å². The van der Waals surface area contributed by atoms with E-state index in [-0.39, 0.29) is 0 Å². The predicted octanol–water partition coefficient (Wildman–Crippen LogP) is 3.85. The summed E-state index contributed by atoms with van der Waals surface area (Å²) in [5.41, 5.74) is 1.18. The fourth-order valence-electron chi connectivity index (χ4n) is 2.75. The quantitative estimate of drug-likeness (QED) is 0.830. The van der Waals surface area contributed by atoms with Crippen LogP contribution in [0.2, 0.25) is 0 Å². The Balaban J connectivity index is 1.92. The van der Waals surface area contributed by atoms with Gasteiger partial charge in [-0.05, 0) is 42.7 Å². The molecule has 2 aromatic heterocycles. The highest BCUT2D eigenvalue weighted by Crippen LogP contribution is 2.30. The van der Waals surface area contributed by atoms with E-state index in [0.29, 0.717) is 11.8 Å². The minimum absolute atomic E-state index is 0.546. The number of aromatic nitrogens is 3. The maximum atomic E-state index is 4.41. The first-order valence-electron chi connectivity index (χ1n) is 7.40. The first-order valence-corrected chi connectivity index (χ1v) is 7.40. The van der Waals surface area contributed by atoms with Crippen LogP contribution in [0.3, 0.4) is 0 Å². The molecule has 2 heterocycles. The second-order valence-electron chi connectivity index (χ2n) is 5.69. The van der Waals surface area contributed by atoms with Crippen molar-refractivity contribution in [1.29, 1.82) is 0 Å². The van der Waals surface area contributed by atoms with E-state index in [4.69, 9.17) is 0 Å². The zero-order chi connectivity index (χ0) is 14.4. The van der Waals surface area contributed by atoms with Crippen molar-refractivity contribution >= 4 is 0 Å². The Kier molecular flexibility index (Phi) is 5.33. The van der Waals surface area contributed by atoms with Crippen LogP contribution in [-0.4, -0.2) is 15.0 Å². The number of hydrogen-bond acceptors (Lipinski definition) is 2. The normalized spacial score (nSPS) is 13.1. The molecule has 1 radical (unpaired) electrons. The molecule has 1 unspecified atom stereocenters. The lowest BCUT2D eigenvalue weighted by Gasteiger charge is -2.26. The Hall–Kier alpha value is -1.64. The number of hydrogen-bond donors (Lipinski definition) is 1. The molecule has 0 amide bonds. The average Bonchev–Trinajstić information content (AvgIpc) is 2.92. The first-order chi connectivity index (χ1) is 9.66. The molecule has 107 valence electrons. The third-order valence-corrected chi connectivity index (χ3v) is 3.82. The van der Waals surface area contributed by atoms with Gasteiger partial charge in [0.1, 0.15) is 5.82 Å². The van der Waals surface area contributed by atoms with E-state index in [1.807, 2.05) is 24.7 Å². The standard InChI is InChI=1S/C17H24N3/c1-13(2)16(8-7-15-6-4-5-9-18-15)14(3)12-17-19-10-11-20-17/h4-6,9-11,13-14H,7-8,12H2,1-3H3,(H,19,20). The number of imidazole rings is 1. The fraction of sp³-hybridized carbons (Fsp3) is 0.471. The van der Waals surface area contributed by atoms with Gasteiger partial charge in [-0.2, -0.15) is 0 Å². The molecule has 0 aromatic carbocycles. The van der Waals surface area contributed by atoms with Crippen molar-refractivity contribution in [3.05, 3.63) is 54.2 Å². The molecule has 0 saturated carbocycles. The smallest absolute Gasteiger partial charge is 0.106 e. The van der Waals surface area contributed by atoms with Gasteiger partial charge in [0.15, 0.2) is 0 Å². The zero-order valence-electron chi connectivity index (χ0n) is 12.6. The molecule has 0 spiro atoms. The largest absolute Gasteiger partial charge is 0.349 e. The van der Waals surface area contributed by atoms with Crippen LogP contribution >= 0.6 is 0 Å². The van der Waals surface area contributed by atoms with Gasteiger partial charge in [0.2, 0.25) is 0 Å². The van der Waals surface area contributed by atoms with Gasteiger partial charge in [0.25, 0.3) is 0 Å². The Morgan fingerprint density at radius 3 is 2.60 bits per heavy atom. The second-order valence-corrected chi connectivity index (χ2v) is 5.69. The summed E-state index contributed by atoms with van der Waals surface area (Å²) in [7, 11) is 0. The van der Waals surface area contributed by atoms with Crippen molar-refractivity contribution < 1.29 is 0 Å². The highest BCUT2D eigenvalue weighted by molar-refractivity contribution is 5.08. The van der Waals surface area contributed by atoms with Crippen molar-refractivity contribution in [2.24, 2.45) is 11.8 Å². The molecule has 0 aliphatic heterocycles. The molecule has 2 aromatic rings. The van der Waals surface area contributed by atoms with Crippen molar-refractivity contribution in [2.75, 3.05) is 0 Å². The van der Waals surface area contributed by atoms with Crippen molar-refractivity contribution in [3.63, 3.8) is 0 Å². The number of aryl methyl sites for hydroxylation is 1. The second kappa shape index (κ2) is 7.22. The number of nitrogens with one attached hydrogen (secondary N) is 1. The summed E-state index contributed by atoms with van der Waals surface area (Å²) < 4.78 is 0. The number of nitrogens with zero attached hydrogens (tertiary/aromatic N) is 2. The average molecular weight is 270 g/mol. The topological polar surface area (TPSA) is 41.6 Å². The minimum atomic E-state index is 0.546. The number of aromatic amines is 1. The van der Waals surface area contributed by atoms with E-state index in [1.54, 1.807) is 5.92 Å². The van der Waals surface area contributed by atoms with Crippen LogP contribution < -0.4 is 0 Å². The van der Waals surface area contributed by atoms with Crippen LogP contribution in [0.1, 0.15) is 38.7 Å². The summed E-state index contributed by atoms with van der Waals surface area (Å²) in [4.78, 5) is 11.9. The summed E-state index contributed by atoms with van der Waals surface area (Å²) in [5.74, 6) is 3.83. The molecule has 1 N–H and O–H groups in total. The Morgan fingerprint density at radius 1 is 1.15 bits per heavy atom. The highest BCUT2D eigenvalue weighted by atomic mass is 14.9. The SMILES string of the molecule is CC(C)[C](CCc1ccccn1)C(C)Cc1ncc[nH]1. The van der Waals surface area contributed by atoms with Gasteiger partial charge in [-0.1, -0.05) is 26.8 Å². The number of H-pyrrole nitrogens is 1. The summed E-state index contributed by atoms with van der Waals surface area (Å²) in [5, 5.41) is 0. The Bertz CT molecular complexity index is 476. The lowest BCUT2D eigenvalue weighted by atomic mass is 9.79. The summed E-state index contributed by atoms with van der Waals surface area (Å²) in [6.45, 7) is 6.87. The molecule has 0 aliphatic carbocycles. The van der Waals surface area contributed by atoms with Gasteiger partial charge < -0.3 is 4.98 Å². The molecule has 3 heteroatoms. The van der Waals surface area contributed by atoms with Crippen LogP contribution in [0.25, 0.3) is 0 Å². The van der Waals surface area contributed by atoms with Crippen molar-refractivity contribution in [2.45, 2.75) is 40.0 Å². The van der Waals surface area contributed by atoms with E-state index in [9.17, 15) is 0 Å². The Morgan fingerprint density at radius 2 is 2.00 bits per heavy atom. The van der Waals surface area contributed by atoms with Crippen LogP contribution in [-0.2, 0) is 12.8 Å². The molecule has 0 aliphatic rings. The summed E-state index contributed by atoms with van der Waals surface area (Å²) in [6.07, 6.45) is 8.71. The van der Waals surface area contributed by atoms with E-state index in [1.165, 1.54) is 5.69 Å². The highest BCUT2D eigenvalue weighted by Gasteiger charge is 2.22. The van der Waals surface area contributed by atoms with Crippen LogP contribution in [0.4, 0.5) is 0 Å². The van der Waals surface area contributed by atoms with Gasteiger partial charge in [-0.25, -0.2) is 4.98 Å².